The van der Waals surface area contributed by atoms with Gasteiger partial charge in [0.05, 0.1) is 18.7 Å². The number of carboxylic acids is 1. The largest absolute Gasteiger partial charge is 0.492 e. The van der Waals surface area contributed by atoms with E-state index in [9.17, 15) is 4.79 Å². The maximum absolute atomic E-state index is 10.9. The molecule has 0 saturated heterocycles. The number of carboxylic acid groups (broad SMARTS) is 1. The SMILES string of the molecule is COc1c(Br)c(C[C@H]2CC(C(=O)O)=NO2)c(OC)c2c1OCO2. The minimum absolute atomic E-state index is 0.00204. The summed E-state index contributed by atoms with van der Waals surface area (Å²) in [5, 5.41) is 12.5. The van der Waals surface area contributed by atoms with Gasteiger partial charge in [-0.05, 0) is 15.9 Å². The number of fused-ring (bicyclic) bond motifs is 1. The van der Waals surface area contributed by atoms with Gasteiger partial charge < -0.3 is 28.9 Å². The molecule has 2 heterocycles. The smallest absolute Gasteiger partial charge is 0.353 e. The van der Waals surface area contributed by atoms with Crippen molar-refractivity contribution in [2.24, 2.45) is 5.16 Å². The van der Waals surface area contributed by atoms with Crippen molar-refractivity contribution in [3.63, 3.8) is 0 Å². The second kappa shape index (κ2) is 6.15. The highest BCUT2D eigenvalue weighted by Crippen LogP contribution is 2.54. The van der Waals surface area contributed by atoms with Crippen molar-refractivity contribution < 1.29 is 33.7 Å². The van der Waals surface area contributed by atoms with Crippen LogP contribution in [0, 0.1) is 0 Å². The molecule has 2 aliphatic rings. The molecule has 0 aliphatic carbocycles. The Labute approximate surface area is 140 Å². The zero-order valence-electron chi connectivity index (χ0n) is 12.4. The summed E-state index contributed by atoms with van der Waals surface area (Å²) < 4.78 is 22.4. The second-order valence-corrected chi connectivity index (χ2v) is 5.70. The van der Waals surface area contributed by atoms with E-state index in [1.54, 1.807) is 0 Å². The standard InChI is InChI=1S/C14H14BrNO7/c1-19-10-7(3-6-4-8(14(17)18)16-23-6)9(15)11(20-2)13-12(10)21-5-22-13/h6H,3-5H2,1-2H3,(H,17,18)/t6-/m0/s1. The van der Waals surface area contributed by atoms with Gasteiger partial charge in [-0.25, -0.2) is 4.79 Å². The maximum atomic E-state index is 10.9. The highest BCUT2D eigenvalue weighted by atomic mass is 79.9. The minimum atomic E-state index is -1.08. The summed E-state index contributed by atoms with van der Waals surface area (Å²) in [7, 11) is 3.05. The van der Waals surface area contributed by atoms with E-state index < -0.39 is 12.1 Å². The number of halogens is 1. The lowest BCUT2D eigenvalue weighted by molar-refractivity contribution is -0.129. The van der Waals surface area contributed by atoms with E-state index in [1.807, 2.05) is 0 Å². The van der Waals surface area contributed by atoms with Crippen LogP contribution in [0.5, 0.6) is 23.0 Å². The van der Waals surface area contributed by atoms with Crippen LogP contribution in [0.1, 0.15) is 12.0 Å². The summed E-state index contributed by atoms with van der Waals surface area (Å²) in [5.41, 5.74) is 0.734. The van der Waals surface area contributed by atoms with Crippen molar-refractivity contribution in [2.75, 3.05) is 21.0 Å². The Kier molecular flexibility index (Phi) is 4.20. The molecule has 2 aliphatic heterocycles. The zero-order chi connectivity index (χ0) is 16.6. The summed E-state index contributed by atoms with van der Waals surface area (Å²) in [6.45, 7) is 0.0736. The molecule has 124 valence electrons. The normalized spacial score (nSPS) is 18.4. The molecule has 0 amide bonds. The number of benzene rings is 1. The highest BCUT2D eigenvalue weighted by molar-refractivity contribution is 9.10. The zero-order valence-corrected chi connectivity index (χ0v) is 14.0. The third-order valence-corrected chi connectivity index (χ3v) is 4.42. The van der Waals surface area contributed by atoms with Gasteiger partial charge in [-0.1, -0.05) is 5.16 Å². The minimum Gasteiger partial charge on any atom is -0.492 e. The van der Waals surface area contributed by atoms with Crippen LogP contribution in [0.3, 0.4) is 0 Å². The van der Waals surface area contributed by atoms with Crippen LogP contribution >= 0.6 is 15.9 Å². The van der Waals surface area contributed by atoms with E-state index in [0.29, 0.717) is 33.9 Å². The van der Waals surface area contributed by atoms with Crippen molar-refractivity contribution in [1.29, 1.82) is 0 Å². The monoisotopic (exact) mass is 387 g/mol. The second-order valence-electron chi connectivity index (χ2n) is 4.90. The van der Waals surface area contributed by atoms with Gasteiger partial charge >= 0.3 is 5.97 Å². The van der Waals surface area contributed by atoms with Crippen molar-refractivity contribution >= 4 is 27.6 Å². The van der Waals surface area contributed by atoms with E-state index in [-0.39, 0.29) is 18.9 Å². The van der Waals surface area contributed by atoms with E-state index in [2.05, 4.69) is 21.1 Å². The summed E-state index contributed by atoms with van der Waals surface area (Å²) in [5.74, 6) is 0.833. The Hall–Kier alpha value is -2.16. The Morgan fingerprint density at radius 3 is 2.52 bits per heavy atom. The summed E-state index contributed by atoms with van der Waals surface area (Å²) in [6, 6.07) is 0. The van der Waals surface area contributed by atoms with Gasteiger partial charge in [0.1, 0.15) is 6.10 Å². The molecule has 1 aromatic carbocycles. The Bertz CT molecular complexity index is 688. The number of aliphatic carboxylic acids is 1. The van der Waals surface area contributed by atoms with Crippen LogP contribution in [-0.4, -0.2) is 43.9 Å². The van der Waals surface area contributed by atoms with E-state index in [1.165, 1.54) is 14.2 Å². The van der Waals surface area contributed by atoms with Crippen molar-refractivity contribution in [3.05, 3.63) is 10.0 Å². The molecule has 1 aromatic rings. The Morgan fingerprint density at radius 2 is 1.96 bits per heavy atom. The number of rotatable bonds is 5. The third kappa shape index (κ3) is 2.65. The molecule has 0 radical (unpaired) electrons. The molecule has 0 aromatic heterocycles. The van der Waals surface area contributed by atoms with Gasteiger partial charge in [0.15, 0.2) is 17.2 Å². The molecule has 23 heavy (non-hydrogen) atoms. The number of hydrogen-bond acceptors (Lipinski definition) is 7. The third-order valence-electron chi connectivity index (χ3n) is 3.58. The summed E-state index contributed by atoms with van der Waals surface area (Å²) in [6.07, 6.45) is 0.176. The number of nitrogens with zero attached hydrogens (tertiary/aromatic N) is 1. The molecule has 1 N–H and O–H groups in total. The van der Waals surface area contributed by atoms with Crippen LogP contribution < -0.4 is 18.9 Å². The topological polar surface area (TPSA) is 95.8 Å². The van der Waals surface area contributed by atoms with Crippen LogP contribution in [0.2, 0.25) is 0 Å². The number of oxime groups is 1. The lowest BCUT2D eigenvalue weighted by Gasteiger charge is -2.18. The molecule has 1 atom stereocenters. The fourth-order valence-corrected chi connectivity index (χ4v) is 3.25. The number of ether oxygens (including phenoxy) is 4. The van der Waals surface area contributed by atoms with Gasteiger partial charge in [-0.2, -0.15) is 0 Å². The number of carbonyl (C=O) groups is 1. The Morgan fingerprint density at radius 1 is 1.30 bits per heavy atom. The summed E-state index contributed by atoms with van der Waals surface area (Å²) in [4.78, 5) is 16.1. The predicted octanol–water partition coefficient (Wildman–Crippen LogP) is 1.97. The fraction of sp³-hybridized carbons (Fsp3) is 0.429. The molecule has 0 spiro atoms. The first-order valence-corrected chi connectivity index (χ1v) is 7.54. The van der Waals surface area contributed by atoms with Crippen molar-refractivity contribution in [1.82, 2.24) is 0 Å². The van der Waals surface area contributed by atoms with Crippen LogP contribution in [0.4, 0.5) is 0 Å². The van der Waals surface area contributed by atoms with Gasteiger partial charge in [0, 0.05) is 18.4 Å². The van der Waals surface area contributed by atoms with Gasteiger partial charge in [0.25, 0.3) is 0 Å². The molecule has 0 bridgehead atoms. The molecular weight excluding hydrogens is 374 g/mol. The molecule has 0 unspecified atom stereocenters. The van der Waals surface area contributed by atoms with E-state index in [0.717, 1.165) is 5.56 Å². The van der Waals surface area contributed by atoms with E-state index >= 15 is 0 Å². The quantitative estimate of drug-likeness (QED) is 0.824. The molecule has 8 nitrogen and oxygen atoms in total. The average molecular weight is 388 g/mol. The van der Waals surface area contributed by atoms with Gasteiger partial charge in [-0.3, -0.25) is 0 Å². The first kappa shape index (κ1) is 15.7. The van der Waals surface area contributed by atoms with Gasteiger partial charge in [-0.15, -0.1) is 0 Å². The molecule has 0 fully saturated rings. The lowest BCUT2D eigenvalue weighted by atomic mass is 10.0. The molecule has 0 saturated carbocycles. The molecule has 9 heteroatoms. The highest BCUT2D eigenvalue weighted by Gasteiger charge is 2.34. The first-order valence-electron chi connectivity index (χ1n) is 6.74. The molecule has 3 rings (SSSR count). The first-order chi connectivity index (χ1) is 11.1. The van der Waals surface area contributed by atoms with Crippen LogP contribution in [0.25, 0.3) is 0 Å². The van der Waals surface area contributed by atoms with E-state index in [4.69, 9.17) is 28.9 Å². The maximum Gasteiger partial charge on any atom is 0.353 e. The fourth-order valence-electron chi connectivity index (χ4n) is 2.56. The van der Waals surface area contributed by atoms with Crippen molar-refractivity contribution in [2.45, 2.75) is 18.9 Å². The van der Waals surface area contributed by atoms with Crippen molar-refractivity contribution in [3.8, 4) is 23.0 Å². The average Bonchev–Trinajstić information content (AvgIpc) is 3.17. The summed E-state index contributed by atoms with van der Waals surface area (Å²) >= 11 is 3.49. The number of hydrogen-bond donors (Lipinski definition) is 1. The van der Waals surface area contributed by atoms with Gasteiger partial charge in [0.2, 0.25) is 18.3 Å². The number of methoxy groups -OCH3 is 2. The molecular formula is C14H14BrNO7. The van der Waals surface area contributed by atoms with Crippen LogP contribution in [-0.2, 0) is 16.1 Å². The predicted molar refractivity (Wildman–Crippen MR) is 81.6 cm³/mol. The van der Waals surface area contributed by atoms with Crippen LogP contribution in [0.15, 0.2) is 9.63 Å². The Balaban J connectivity index is 1.95. The lowest BCUT2D eigenvalue weighted by Crippen LogP contribution is -2.17.